The molecule has 0 saturated heterocycles. The van der Waals surface area contributed by atoms with E-state index in [9.17, 15) is 0 Å². The quantitative estimate of drug-likeness (QED) is 0.502. The molecule has 0 atom stereocenters. The third-order valence-electron chi connectivity index (χ3n) is 5.26. The number of rotatable bonds is 3. The third-order valence-corrected chi connectivity index (χ3v) is 5.26. The number of unbranched alkanes of at least 4 members (excludes halogenated alkanes) is 1. The maximum atomic E-state index is 2.51. The van der Waals surface area contributed by atoms with Gasteiger partial charge in [-0.25, -0.2) is 0 Å². The lowest BCUT2D eigenvalue weighted by atomic mass is 9.85. The molecule has 1 aliphatic rings. The zero-order valence-electron chi connectivity index (χ0n) is 13.5. The van der Waals surface area contributed by atoms with Crippen molar-refractivity contribution in [3.8, 4) is 0 Å². The first kappa shape index (κ1) is 13.8. The van der Waals surface area contributed by atoms with Crippen molar-refractivity contribution >= 4 is 21.5 Å². The average molecular weight is 288 g/mol. The molecule has 0 fully saturated rings. The minimum absolute atomic E-state index is 1.20. The Hall–Kier alpha value is -1.82. The molecule has 4 rings (SSSR count). The number of hydrogen-bond donors (Lipinski definition) is 0. The van der Waals surface area contributed by atoms with Crippen LogP contribution in [0.15, 0.2) is 42.5 Å². The van der Waals surface area contributed by atoms with E-state index in [0.717, 1.165) is 0 Å². The van der Waals surface area contributed by atoms with Gasteiger partial charge < -0.3 is 0 Å². The summed E-state index contributed by atoms with van der Waals surface area (Å²) in [5, 5.41) is 5.89. The Kier molecular flexibility index (Phi) is 3.62. The highest BCUT2D eigenvalue weighted by atomic mass is 14.2. The van der Waals surface area contributed by atoms with Gasteiger partial charge in [-0.1, -0.05) is 55.8 Å². The molecule has 0 spiro atoms. The molecule has 0 aliphatic heterocycles. The number of benzene rings is 3. The van der Waals surface area contributed by atoms with E-state index in [1.54, 1.807) is 16.7 Å². The summed E-state index contributed by atoms with van der Waals surface area (Å²) in [7, 11) is 0. The first-order valence-electron chi connectivity index (χ1n) is 8.83. The Balaban J connectivity index is 2.04. The van der Waals surface area contributed by atoms with Crippen LogP contribution in [0.4, 0.5) is 0 Å². The van der Waals surface area contributed by atoms with Crippen molar-refractivity contribution < 1.29 is 0 Å². The summed E-state index contributed by atoms with van der Waals surface area (Å²) in [6.45, 7) is 2.28. The van der Waals surface area contributed by atoms with Crippen LogP contribution in [-0.4, -0.2) is 0 Å². The highest BCUT2D eigenvalue weighted by Gasteiger charge is 2.15. The summed E-state index contributed by atoms with van der Waals surface area (Å²) in [6.07, 6.45) is 8.99. The van der Waals surface area contributed by atoms with Gasteiger partial charge >= 0.3 is 0 Å². The number of aryl methyl sites for hydroxylation is 3. The Morgan fingerprint density at radius 1 is 0.818 bits per heavy atom. The Morgan fingerprint density at radius 3 is 2.45 bits per heavy atom. The molecule has 3 aromatic carbocycles. The van der Waals surface area contributed by atoms with Gasteiger partial charge in [-0.15, -0.1) is 0 Å². The van der Waals surface area contributed by atoms with Crippen LogP contribution in [0.25, 0.3) is 21.5 Å². The number of hydrogen-bond acceptors (Lipinski definition) is 0. The van der Waals surface area contributed by atoms with Gasteiger partial charge in [0.1, 0.15) is 0 Å². The fraction of sp³-hybridized carbons (Fsp3) is 0.364. The molecule has 0 saturated carbocycles. The SMILES string of the molecule is CCCCc1cc2c3c(ccc2c2ccccc12)CCCC3. The van der Waals surface area contributed by atoms with E-state index < -0.39 is 0 Å². The average Bonchev–Trinajstić information content (AvgIpc) is 2.59. The molecule has 0 bridgehead atoms. The van der Waals surface area contributed by atoms with E-state index in [0.29, 0.717) is 0 Å². The molecule has 0 nitrogen and oxygen atoms in total. The van der Waals surface area contributed by atoms with Crippen LogP contribution in [-0.2, 0) is 19.3 Å². The zero-order valence-corrected chi connectivity index (χ0v) is 13.5. The van der Waals surface area contributed by atoms with Gasteiger partial charge in [0.05, 0.1) is 0 Å². The molecule has 0 amide bonds. The lowest BCUT2D eigenvalue weighted by molar-refractivity contribution is 0.690. The van der Waals surface area contributed by atoms with Gasteiger partial charge in [0.25, 0.3) is 0 Å². The fourth-order valence-corrected chi connectivity index (χ4v) is 4.08. The van der Waals surface area contributed by atoms with Crippen LogP contribution >= 0.6 is 0 Å². The summed E-state index contributed by atoms with van der Waals surface area (Å²) in [6, 6.07) is 16.2. The Bertz CT molecular complexity index is 826. The molecule has 112 valence electrons. The standard InChI is InChI=1S/C22H24/c1-2-3-8-17-15-22-18-10-5-4-9-16(18)13-14-21(22)20-12-7-6-11-19(17)20/h6-7,11-15H,2-5,8-10H2,1H3. The van der Waals surface area contributed by atoms with E-state index in [2.05, 4.69) is 49.4 Å². The molecular weight excluding hydrogens is 264 g/mol. The minimum atomic E-state index is 1.20. The van der Waals surface area contributed by atoms with Crippen LogP contribution in [0.1, 0.15) is 49.3 Å². The maximum absolute atomic E-state index is 2.51. The molecule has 22 heavy (non-hydrogen) atoms. The lowest BCUT2D eigenvalue weighted by Crippen LogP contribution is -2.03. The molecule has 0 heterocycles. The lowest BCUT2D eigenvalue weighted by Gasteiger charge is -2.20. The zero-order chi connectivity index (χ0) is 14.9. The van der Waals surface area contributed by atoms with Gasteiger partial charge in [0, 0.05) is 0 Å². The van der Waals surface area contributed by atoms with Crippen LogP contribution in [0.5, 0.6) is 0 Å². The van der Waals surface area contributed by atoms with Crippen molar-refractivity contribution in [1.29, 1.82) is 0 Å². The topological polar surface area (TPSA) is 0 Å². The molecule has 0 heteroatoms. The van der Waals surface area contributed by atoms with Crippen LogP contribution in [0.2, 0.25) is 0 Å². The van der Waals surface area contributed by atoms with Crippen molar-refractivity contribution in [2.75, 3.05) is 0 Å². The van der Waals surface area contributed by atoms with E-state index >= 15 is 0 Å². The Labute approximate surface area is 133 Å². The van der Waals surface area contributed by atoms with Crippen LogP contribution in [0, 0.1) is 0 Å². The second-order valence-corrected chi connectivity index (χ2v) is 6.69. The fourth-order valence-electron chi connectivity index (χ4n) is 4.08. The van der Waals surface area contributed by atoms with Crippen molar-refractivity contribution in [3.63, 3.8) is 0 Å². The molecular formula is C22H24. The van der Waals surface area contributed by atoms with Crippen molar-refractivity contribution in [2.24, 2.45) is 0 Å². The summed E-state index contributed by atoms with van der Waals surface area (Å²) in [5.41, 5.74) is 4.77. The van der Waals surface area contributed by atoms with E-state index in [-0.39, 0.29) is 0 Å². The predicted octanol–water partition coefficient (Wildman–Crippen LogP) is 6.21. The largest absolute Gasteiger partial charge is 0.0654 e. The molecule has 1 aliphatic carbocycles. The summed E-state index contributed by atoms with van der Waals surface area (Å²) in [5.74, 6) is 0. The summed E-state index contributed by atoms with van der Waals surface area (Å²) < 4.78 is 0. The second-order valence-electron chi connectivity index (χ2n) is 6.69. The smallest absolute Gasteiger partial charge is 0.0102 e. The van der Waals surface area contributed by atoms with Crippen molar-refractivity contribution in [2.45, 2.75) is 51.9 Å². The van der Waals surface area contributed by atoms with Crippen molar-refractivity contribution in [3.05, 3.63) is 59.2 Å². The first-order valence-corrected chi connectivity index (χ1v) is 8.83. The van der Waals surface area contributed by atoms with Crippen LogP contribution in [0.3, 0.4) is 0 Å². The first-order chi connectivity index (χ1) is 10.9. The molecule has 0 radical (unpaired) electrons. The van der Waals surface area contributed by atoms with Crippen LogP contribution < -0.4 is 0 Å². The Morgan fingerprint density at radius 2 is 1.59 bits per heavy atom. The van der Waals surface area contributed by atoms with Gasteiger partial charge in [-0.3, -0.25) is 0 Å². The minimum Gasteiger partial charge on any atom is -0.0654 e. The second kappa shape index (κ2) is 5.76. The highest BCUT2D eigenvalue weighted by molar-refractivity contribution is 6.10. The normalized spacial score (nSPS) is 14.4. The molecule has 0 N–H and O–H groups in total. The van der Waals surface area contributed by atoms with Gasteiger partial charge in [-0.2, -0.15) is 0 Å². The van der Waals surface area contributed by atoms with Crippen molar-refractivity contribution in [1.82, 2.24) is 0 Å². The summed E-state index contributed by atoms with van der Waals surface area (Å²) >= 11 is 0. The van der Waals surface area contributed by atoms with Gasteiger partial charge in [0.2, 0.25) is 0 Å². The predicted molar refractivity (Wildman–Crippen MR) is 96.7 cm³/mol. The van der Waals surface area contributed by atoms with E-state index in [4.69, 9.17) is 0 Å². The molecule has 3 aromatic rings. The van der Waals surface area contributed by atoms with Gasteiger partial charge in [0.15, 0.2) is 0 Å². The maximum Gasteiger partial charge on any atom is -0.0102 e. The van der Waals surface area contributed by atoms with Gasteiger partial charge in [-0.05, 0) is 76.8 Å². The number of fused-ring (bicyclic) bond motifs is 5. The van der Waals surface area contributed by atoms with E-state index in [1.165, 1.54) is 66.5 Å². The monoisotopic (exact) mass is 288 g/mol. The summed E-state index contributed by atoms with van der Waals surface area (Å²) in [4.78, 5) is 0. The third kappa shape index (κ3) is 2.22. The molecule has 0 aromatic heterocycles. The molecule has 0 unspecified atom stereocenters. The highest BCUT2D eigenvalue weighted by Crippen LogP contribution is 2.35. The van der Waals surface area contributed by atoms with E-state index in [1.807, 2.05) is 0 Å².